The highest BCUT2D eigenvalue weighted by Gasteiger charge is 2.27. The van der Waals surface area contributed by atoms with Crippen molar-refractivity contribution in [1.82, 2.24) is 14.9 Å². The lowest BCUT2D eigenvalue weighted by atomic mass is 10.2. The standard InChI is InChI=1S/C18H23BrN4O/c1-13-6-8-20-18(21-13)22(2)15-7-9-23(12-15)11-14-4-5-17(24-3)16(19)10-14/h4-6,8,10,15H,7,9,11-12H2,1-3H3. The Balaban J connectivity index is 1.62. The van der Waals surface area contributed by atoms with Gasteiger partial charge in [0, 0.05) is 44.6 Å². The lowest BCUT2D eigenvalue weighted by Gasteiger charge is -2.25. The average molecular weight is 391 g/mol. The van der Waals surface area contributed by atoms with Crippen molar-refractivity contribution in [3.05, 3.63) is 46.2 Å². The summed E-state index contributed by atoms with van der Waals surface area (Å²) < 4.78 is 6.30. The molecule has 0 saturated carbocycles. The Bertz CT molecular complexity index is 709. The number of anilines is 1. The van der Waals surface area contributed by atoms with E-state index in [1.165, 1.54) is 5.56 Å². The van der Waals surface area contributed by atoms with E-state index >= 15 is 0 Å². The molecule has 0 radical (unpaired) electrons. The predicted molar refractivity (Wildman–Crippen MR) is 99.5 cm³/mol. The number of likely N-dealkylation sites (tertiary alicyclic amines) is 1. The van der Waals surface area contributed by atoms with Crippen LogP contribution in [0.4, 0.5) is 5.95 Å². The molecule has 128 valence electrons. The molecule has 1 atom stereocenters. The van der Waals surface area contributed by atoms with Crippen molar-refractivity contribution in [3.63, 3.8) is 0 Å². The summed E-state index contributed by atoms with van der Waals surface area (Å²) in [6.45, 7) is 5.06. The van der Waals surface area contributed by atoms with E-state index in [9.17, 15) is 0 Å². The number of aromatic nitrogens is 2. The molecule has 0 amide bonds. The van der Waals surface area contributed by atoms with E-state index in [1.54, 1.807) is 7.11 Å². The predicted octanol–water partition coefficient (Wildman–Crippen LogP) is 3.27. The first-order valence-corrected chi connectivity index (χ1v) is 8.93. The van der Waals surface area contributed by atoms with Crippen molar-refractivity contribution in [3.8, 4) is 5.75 Å². The summed E-state index contributed by atoms with van der Waals surface area (Å²) in [5.74, 6) is 1.68. The SMILES string of the molecule is COc1ccc(CN2CCC(N(C)c3nccc(C)n3)C2)cc1Br. The molecule has 0 aliphatic carbocycles. The Hall–Kier alpha value is -1.66. The number of rotatable bonds is 5. The Morgan fingerprint density at radius 1 is 1.38 bits per heavy atom. The van der Waals surface area contributed by atoms with Crippen LogP contribution in [0.25, 0.3) is 0 Å². The maximum atomic E-state index is 5.30. The fraction of sp³-hybridized carbons (Fsp3) is 0.444. The molecule has 0 bridgehead atoms. The van der Waals surface area contributed by atoms with Crippen LogP contribution in [0.5, 0.6) is 5.75 Å². The van der Waals surface area contributed by atoms with Gasteiger partial charge in [-0.25, -0.2) is 9.97 Å². The lowest BCUT2D eigenvalue weighted by Crippen LogP contribution is -2.35. The molecule has 6 heteroatoms. The highest BCUT2D eigenvalue weighted by atomic mass is 79.9. The van der Waals surface area contributed by atoms with Gasteiger partial charge in [0.05, 0.1) is 11.6 Å². The van der Waals surface area contributed by atoms with Gasteiger partial charge in [-0.3, -0.25) is 4.90 Å². The van der Waals surface area contributed by atoms with Crippen LogP contribution in [0.3, 0.4) is 0 Å². The van der Waals surface area contributed by atoms with Gasteiger partial charge in [-0.2, -0.15) is 0 Å². The second-order valence-electron chi connectivity index (χ2n) is 6.26. The number of aryl methyl sites for hydroxylation is 1. The Morgan fingerprint density at radius 3 is 2.92 bits per heavy atom. The van der Waals surface area contributed by atoms with Gasteiger partial charge in [-0.15, -0.1) is 0 Å². The van der Waals surface area contributed by atoms with Gasteiger partial charge in [0.2, 0.25) is 5.95 Å². The number of hydrogen-bond acceptors (Lipinski definition) is 5. The third kappa shape index (κ3) is 3.87. The fourth-order valence-electron chi connectivity index (χ4n) is 3.11. The molecule has 0 N–H and O–H groups in total. The summed E-state index contributed by atoms with van der Waals surface area (Å²) in [4.78, 5) is 13.6. The first kappa shape index (κ1) is 17.2. The van der Waals surface area contributed by atoms with Crippen LogP contribution in [0.2, 0.25) is 0 Å². The fourth-order valence-corrected chi connectivity index (χ4v) is 3.70. The molecular formula is C18H23BrN4O. The highest BCUT2D eigenvalue weighted by Crippen LogP contribution is 2.27. The zero-order chi connectivity index (χ0) is 17.1. The number of hydrogen-bond donors (Lipinski definition) is 0. The van der Waals surface area contributed by atoms with Gasteiger partial charge in [0.15, 0.2) is 0 Å². The minimum atomic E-state index is 0.452. The third-order valence-electron chi connectivity index (χ3n) is 4.52. The molecule has 0 spiro atoms. The molecule has 1 aromatic heterocycles. The number of benzene rings is 1. The molecule has 2 heterocycles. The molecule has 1 aliphatic rings. The molecular weight excluding hydrogens is 368 g/mol. The molecule has 3 rings (SSSR count). The lowest BCUT2D eigenvalue weighted by molar-refractivity contribution is 0.325. The van der Waals surface area contributed by atoms with E-state index in [0.29, 0.717) is 6.04 Å². The van der Waals surface area contributed by atoms with Crippen molar-refractivity contribution in [2.45, 2.75) is 25.9 Å². The van der Waals surface area contributed by atoms with E-state index < -0.39 is 0 Å². The zero-order valence-corrected chi connectivity index (χ0v) is 16.0. The van der Waals surface area contributed by atoms with Crippen molar-refractivity contribution in [2.24, 2.45) is 0 Å². The van der Waals surface area contributed by atoms with Gasteiger partial charge in [0.25, 0.3) is 0 Å². The van der Waals surface area contributed by atoms with Crippen molar-refractivity contribution in [1.29, 1.82) is 0 Å². The van der Waals surface area contributed by atoms with Crippen LogP contribution < -0.4 is 9.64 Å². The van der Waals surface area contributed by atoms with E-state index in [-0.39, 0.29) is 0 Å². The number of ether oxygens (including phenoxy) is 1. The van der Waals surface area contributed by atoms with Crippen LogP contribution in [0.1, 0.15) is 17.7 Å². The zero-order valence-electron chi connectivity index (χ0n) is 14.4. The van der Waals surface area contributed by atoms with Gasteiger partial charge >= 0.3 is 0 Å². The minimum Gasteiger partial charge on any atom is -0.496 e. The summed E-state index contributed by atoms with van der Waals surface area (Å²) in [7, 11) is 3.78. The minimum absolute atomic E-state index is 0.452. The molecule has 1 aromatic carbocycles. The van der Waals surface area contributed by atoms with Gasteiger partial charge < -0.3 is 9.64 Å². The highest BCUT2D eigenvalue weighted by molar-refractivity contribution is 9.10. The second-order valence-corrected chi connectivity index (χ2v) is 7.11. The molecule has 1 saturated heterocycles. The first-order valence-electron chi connectivity index (χ1n) is 8.14. The number of likely N-dealkylation sites (N-methyl/N-ethyl adjacent to an activating group) is 1. The monoisotopic (exact) mass is 390 g/mol. The summed E-state index contributed by atoms with van der Waals surface area (Å²) >= 11 is 3.56. The van der Waals surface area contributed by atoms with Gasteiger partial charge in [-0.1, -0.05) is 6.07 Å². The maximum absolute atomic E-state index is 5.30. The smallest absolute Gasteiger partial charge is 0.225 e. The Kier molecular flexibility index (Phi) is 5.36. The first-order chi connectivity index (χ1) is 11.6. The number of nitrogens with zero attached hydrogens (tertiary/aromatic N) is 4. The van der Waals surface area contributed by atoms with Gasteiger partial charge in [-0.05, 0) is 53.0 Å². The second kappa shape index (κ2) is 7.49. The average Bonchev–Trinajstić information content (AvgIpc) is 3.03. The molecule has 24 heavy (non-hydrogen) atoms. The van der Waals surface area contributed by atoms with Crippen molar-refractivity contribution >= 4 is 21.9 Å². The van der Waals surface area contributed by atoms with Crippen molar-refractivity contribution in [2.75, 3.05) is 32.1 Å². The summed E-state index contributed by atoms with van der Waals surface area (Å²) in [5, 5.41) is 0. The van der Waals surface area contributed by atoms with Crippen LogP contribution in [0.15, 0.2) is 34.9 Å². The normalized spacial score (nSPS) is 17.9. The summed E-state index contributed by atoms with van der Waals surface area (Å²) in [6, 6.07) is 8.66. The van der Waals surface area contributed by atoms with Crippen LogP contribution in [-0.4, -0.2) is 48.2 Å². The van der Waals surface area contributed by atoms with E-state index in [4.69, 9.17) is 4.74 Å². The van der Waals surface area contributed by atoms with Gasteiger partial charge in [0.1, 0.15) is 5.75 Å². The molecule has 5 nitrogen and oxygen atoms in total. The quantitative estimate of drug-likeness (QED) is 0.783. The topological polar surface area (TPSA) is 41.5 Å². The number of halogens is 1. The molecule has 2 aromatic rings. The van der Waals surface area contributed by atoms with E-state index in [2.05, 4.69) is 54.9 Å². The van der Waals surface area contributed by atoms with Crippen LogP contribution in [-0.2, 0) is 6.54 Å². The Morgan fingerprint density at radius 2 is 2.21 bits per heavy atom. The van der Waals surface area contributed by atoms with E-state index in [0.717, 1.165) is 47.9 Å². The van der Waals surface area contributed by atoms with E-state index in [1.807, 2.05) is 25.3 Å². The molecule has 1 aliphatic heterocycles. The van der Waals surface area contributed by atoms with Crippen molar-refractivity contribution < 1.29 is 4.74 Å². The number of methoxy groups -OCH3 is 1. The Labute approximate surface area is 151 Å². The summed E-state index contributed by atoms with van der Waals surface area (Å²) in [6.07, 6.45) is 2.96. The molecule has 1 unspecified atom stereocenters. The largest absolute Gasteiger partial charge is 0.496 e. The van der Waals surface area contributed by atoms with Crippen LogP contribution in [0, 0.1) is 6.92 Å². The van der Waals surface area contributed by atoms with Crippen LogP contribution >= 0.6 is 15.9 Å². The summed E-state index contributed by atoms with van der Waals surface area (Å²) in [5.41, 5.74) is 2.29. The molecule has 1 fully saturated rings. The third-order valence-corrected chi connectivity index (χ3v) is 5.13. The maximum Gasteiger partial charge on any atom is 0.225 e.